The molecular formula is C22H25N3O4S. The first kappa shape index (κ1) is 17.7. The van der Waals surface area contributed by atoms with Gasteiger partial charge in [-0.3, -0.25) is 14.4 Å². The molecule has 8 heteroatoms. The molecule has 0 radical (unpaired) electrons. The molecule has 1 N–H and O–H groups in total. The average Bonchev–Trinajstić information content (AvgIpc) is 3.14. The third-order valence-corrected chi connectivity index (χ3v) is 9.22. The fourth-order valence-electron chi connectivity index (χ4n) is 7.83. The van der Waals surface area contributed by atoms with Crippen LogP contribution in [0.4, 0.5) is 11.4 Å². The predicted molar refractivity (Wildman–Crippen MR) is 112 cm³/mol. The van der Waals surface area contributed by atoms with Crippen LogP contribution in [0.2, 0.25) is 0 Å². The van der Waals surface area contributed by atoms with Crippen LogP contribution >= 0.6 is 0 Å². The second-order valence-electron chi connectivity index (χ2n) is 9.87. The van der Waals surface area contributed by atoms with E-state index in [1.54, 1.807) is 6.07 Å². The SMILES string of the molecule is CS(=O)(=O)Nc1ccc2c(c1)[C@@]13CCN4CC5=CCO[C@H]6CC(=O)N2[C@H]1[C@H]6[C@H]5C[C@H]43. The van der Waals surface area contributed by atoms with Crippen LogP contribution in [0.25, 0.3) is 0 Å². The lowest BCUT2D eigenvalue weighted by Crippen LogP contribution is -2.69. The zero-order valence-electron chi connectivity index (χ0n) is 16.9. The number of carbonyl (C=O) groups excluding carboxylic acids is 1. The zero-order chi connectivity index (χ0) is 20.4. The van der Waals surface area contributed by atoms with Crippen molar-refractivity contribution >= 4 is 27.3 Å². The van der Waals surface area contributed by atoms with Gasteiger partial charge >= 0.3 is 0 Å². The summed E-state index contributed by atoms with van der Waals surface area (Å²) in [5, 5.41) is 0. The molecule has 4 fully saturated rings. The lowest BCUT2D eigenvalue weighted by molar-refractivity contribution is -0.132. The number of ether oxygens (including phenoxy) is 1. The van der Waals surface area contributed by atoms with Crippen molar-refractivity contribution in [2.75, 3.05) is 35.6 Å². The summed E-state index contributed by atoms with van der Waals surface area (Å²) in [6.07, 6.45) is 5.98. The van der Waals surface area contributed by atoms with Gasteiger partial charge in [0, 0.05) is 35.3 Å². The number of anilines is 2. The highest BCUT2D eigenvalue weighted by molar-refractivity contribution is 7.92. The second-order valence-corrected chi connectivity index (χ2v) is 11.6. The number of piperidine rings is 2. The molecule has 5 heterocycles. The molecule has 6 atom stereocenters. The maximum Gasteiger partial charge on any atom is 0.229 e. The van der Waals surface area contributed by atoms with E-state index in [-0.39, 0.29) is 23.5 Å². The van der Waals surface area contributed by atoms with Crippen molar-refractivity contribution in [2.24, 2.45) is 11.8 Å². The van der Waals surface area contributed by atoms with E-state index in [2.05, 4.69) is 20.6 Å². The molecule has 6 aliphatic rings. The summed E-state index contributed by atoms with van der Waals surface area (Å²) < 4.78 is 32.6. The van der Waals surface area contributed by atoms with Gasteiger partial charge in [-0.15, -0.1) is 0 Å². The Labute approximate surface area is 176 Å². The van der Waals surface area contributed by atoms with Crippen molar-refractivity contribution in [1.82, 2.24) is 4.90 Å². The van der Waals surface area contributed by atoms with Gasteiger partial charge < -0.3 is 9.64 Å². The van der Waals surface area contributed by atoms with Crippen LogP contribution in [-0.2, 0) is 25.0 Å². The van der Waals surface area contributed by atoms with Gasteiger partial charge in [0.25, 0.3) is 0 Å². The minimum absolute atomic E-state index is 0.0228. The molecule has 5 aliphatic heterocycles. The molecule has 3 saturated heterocycles. The Morgan fingerprint density at radius 1 is 1.30 bits per heavy atom. The largest absolute Gasteiger partial charge is 0.373 e. The first-order chi connectivity index (χ1) is 14.4. The number of fused-ring (bicyclic) bond motifs is 2. The van der Waals surface area contributed by atoms with E-state index in [4.69, 9.17) is 4.74 Å². The summed E-state index contributed by atoms with van der Waals surface area (Å²) in [6, 6.07) is 6.24. The van der Waals surface area contributed by atoms with E-state index < -0.39 is 10.0 Å². The minimum atomic E-state index is -3.37. The number of nitrogens with zero attached hydrogens (tertiary/aromatic N) is 2. The number of hydrogen-bond acceptors (Lipinski definition) is 5. The summed E-state index contributed by atoms with van der Waals surface area (Å²) >= 11 is 0. The summed E-state index contributed by atoms with van der Waals surface area (Å²) in [6.45, 7) is 2.63. The Morgan fingerprint density at radius 3 is 3.00 bits per heavy atom. The topological polar surface area (TPSA) is 79.0 Å². The first-order valence-electron chi connectivity index (χ1n) is 10.9. The van der Waals surface area contributed by atoms with Crippen molar-refractivity contribution in [3.05, 3.63) is 35.4 Å². The summed E-state index contributed by atoms with van der Waals surface area (Å²) in [4.78, 5) is 18.0. The Bertz CT molecular complexity index is 1130. The van der Waals surface area contributed by atoms with Crippen LogP contribution < -0.4 is 9.62 Å². The quantitative estimate of drug-likeness (QED) is 0.723. The molecule has 0 aromatic heterocycles. The van der Waals surface area contributed by atoms with E-state index in [9.17, 15) is 13.2 Å². The normalized spacial score (nSPS) is 40.7. The lowest BCUT2D eigenvalue weighted by Gasteiger charge is -2.58. The molecule has 30 heavy (non-hydrogen) atoms. The van der Waals surface area contributed by atoms with Gasteiger partial charge in [0.1, 0.15) is 0 Å². The standard InChI is InChI=1S/C22H25N3O4S/c1-30(27,28)23-13-2-3-16-15(8-13)22-5-6-24-11-12-4-7-29-17-10-19(26)25(16)21(22)20(17)14(12)9-18(22)24/h2-4,8,14,17-18,20-21,23H,5-7,9-11H2,1H3/t14-,17-,18-,20-,21-,22+/m0/s1. The Hall–Kier alpha value is -1.90. The molecule has 158 valence electrons. The van der Waals surface area contributed by atoms with Crippen LogP contribution in [0.1, 0.15) is 24.8 Å². The summed E-state index contributed by atoms with van der Waals surface area (Å²) in [5.74, 6) is 0.935. The number of amides is 1. The number of nitrogens with one attached hydrogen (secondary N) is 1. The number of benzene rings is 1. The number of carbonyl (C=O) groups is 1. The van der Waals surface area contributed by atoms with Gasteiger partial charge in [-0.25, -0.2) is 8.42 Å². The Balaban J connectivity index is 1.47. The fourth-order valence-corrected chi connectivity index (χ4v) is 8.38. The third kappa shape index (κ3) is 2.03. The van der Waals surface area contributed by atoms with Crippen molar-refractivity contribution in [1.29, 1.82) is 0 Å². The van der Waals surface area contributed by atoms with Gasteiger partial charge in [0.05, 0.1) is 31.4 Å². The molecule has 7 nitrogen and oxygen atoms in total. The zero-order valence-corrected chi connectivity index (χ0v) is 17.7. The summed E-state index contributed by atoms with van der Waals surface area (Å²) in [7, 11) is -3.37. The molecule has 7 rings (SSSR count). The van der Waals surface area contributed by atoms with Crippen LogP contribution in [0.5, 0.6) is 0 Å². The highest BCUT2D eigenvalue weighted by atomic mass is 32.2. The minimum Gasteiger partial charge on any atom is -0.373 e. The average molecular weight is 428 g/mol. The molecule has 0 unspecified atom stereocenters. The Kier molecular flexibility index (Phi) is 3.24. The van der Waals surface area contributed by atoms with Crippen molar-refractivity contribution in [3.8, 4) is 0 Å². The number of sulfonamides is 1. The van der Waals surface area contributed by atoms with Crippen LogP contribution in [0.3, 0.4) is 0 Å². The molecule has 1 saturated carbocycles. The van der Waals surface area contributed by atoms with Crippen LogP contribution in [-0.4, -0.2) is 63.4 Å². The predicted octanol–water partition coefficient (Wildman–Crippen LogP) is 1.46. The van der Waals surface area contributed by atoms with Gasteiger partial charge in [-0.2, -0.15) is 0 Å². The number of hydrogen-bond donors (Lipinski definition) is 1. The highest BCUT2D eigenvalue weighted by Crippen LogP contribution is 2.65. The van der Waals surface area contributed by atoms with Crippen LogP contribution in [0.15, 0.2) is 29.8 Å². The monoisotopic (exact) mass is 427 g/mol. The molecule has 1 amide bonds. The van der Waals surface area contributed by atoms with Gasteiger partial charge in [-0.05, 0) is 49.1 Å². The molecule has 1 aromatic carbocycles. The van der Waals surface area contributed by atoms with Crippen LogP contribution in [0, 0.1) is 11.8 Å². The highest BCUT2D eigenvalue weighted by Gasteiger charge is 2.71. The lowest BCUT2D eigenvalue weighted by atomic mass is 9.53. The van der Waals surface area contributed by atoms with E-state index in [1.807, 2.05) is 12.1 Å². The van der Waals surface area contributed by atoms with Crippen molar-refractivity contribution < 1.29 is 17.9 Å². The van der Waals surface area contributed by atoms with E-state index >= 15 is 0 Å². The second kappa shape index (κ2) is 5.47. The molecule has 1 spiro atoms. The first-order valence-corrected chi connectivity index (χ1v) is 12.7. The fraction of sp³-hybridized carbons (Fsp3) is 0.591. The third-order valence-electron chi connectivity index (χ3n) is 8.61. The van der Waals surface area contributed by atoms with Crippen molar-refractivity contribution in [3.63, 3.8) is 0 Å². The summed E-state index contributed by atoms with van der Waals surface area (Å²) in [5.41, 5.74) is 4.08. The van der Waals surface area contributed by atoms with E-state index in [0.29, 0.717) is 36.6 Å². The van der Waals surface area contributed by atoms with Crippen molar-refractivity contribution in [2.45, 2.75) is 42.9 Å². The maximum absolute atomic E-state index is 13.4. The smallest absolute Gasteiger partial charge is 0.229 e. The van der Waals surface area contributed by atoms with Gasteiger partial charge in [0.15, 0.2) is 0 Å². The van der Waals surface area contributed by atoms with Gasteiger partial charge in [-0.1, -0.05) is 11.6 Å². The van der Waals surface area contributed by atoms with Gasteiger partial charge in [0.2, 0.25) is 15.9 Å². The molecular weight excluding hydrogens is 402 g/mol. The molecule has 1 aliphatic carbocycles. The molecule has 1 aromatic rings. The Morgan fingerprint density at radius 2 is 2.17 bits per heavy atom. The van der Waals surface area contributed by atoms with E-state index in [1.165, 1.54) is 11.8 Å². The molecule has 2 bridgehead atoms. The van der Waals surface area contributed by atoms with E-state index in [0.717, 1.165) is 37.2 Å². The maximum atomic E-state index is 13.4. The number of rotatable bonds is 2.